The van der Waals surface area contributed by atoms with Gasteiger partial charge in [-0.25, -0.2) is 4.39 Å². The Balaban J connectivity index is 2.88. The minimum Gasteiger partial charge on any atom is -0.294 e. The molecule has 0 saturated heterocycles. The third-order valence-corrected chi connectivity index (χ3v) is 1.99. The van der Waals surface area contributed by atoms with Gasteiger partial charge in [0.2, 0.25) is 0 Å². The van der Waals surface area contributed by atoms with Gasteiger partial charge < -0.3 is 0 Å². The molecule has 0 atom stereocenters. The predicted octanol–water partition coefficient (Wildman–Crippen LogP) is 2.85. The second-order valence-corrected chi connectivity index (χ2v) is 3.06. The van der Waals surface area contributed by atoms with Crippen molar-refractivity contribution in [1.29, 1.82) is 5.26 Å². The molecule has 0 aliphatic heterocycles. The van der Waals surface area contributed by atoms with Crippen LogP contribution in [0, 0.1) is 17.1 Å². The number of ketones is 1. The predicted molar refractivity (Wildman–Crippen MR) is 54.9 cm³/mol. The Kier molecular flexibility index (Phi) is 3.75. The van der Waals surface area contributed by atoms with Gasteiger partial charge in [-0.15, -0.1) is 6.58 Å². The molecule has 15 heavy (non-hydrogen) atoms. The molecule has 0 N–H and O–H groups in total. The fourth-order valence-electron chi connectivity index (χ4n) is 1.16. The summed E-state index contributed by atoms with van der Waals surface area (Å²) in [7, 11) is 0. The molecular weight excluding hydrogens is 193 g/mol. The number of hydrogen-bond acceptors (Lipinski definition) is 2. The van der Waals surface area contributed by atoms with E-state index in [0.29, 0.717) is 18.4 Å². The minimum absolute atomic E-state index is 0.0460. The van der Waals surface area contributed by atoms with E-state index in [1.54, 1.807) is 12.1 Å². The summed E-state index contributed by atoms with van der Waals surface area (Å²) in [5, 5.41) is 8.50. The number of nitriles is 1. The molecule has 0 aliphatic rings. The summed E-state index contributed by atoms with van der Waals surface area (Å²) in [6.45, 7) is 3.50. The Bertz CT molecular complexity index is 432. The Morgan fingerprint density at radius 3 is 2.87 bits per heavy atom. The van der Waals surface area contributed by atoms with Crippen LogP contribution in [0.25, 0.3) is 0 Å². The smallest absolute Gasteiger partial charge is 0.163 e. The highest BCUT2D eigenvalue weighted by Crippen LogP contribution is 2.12. The SMILES string of the molecule is C=CCCC(=O)c1ccc(C#N)c(F)c1. The van der Waals surface area contributed by atoms with E-state index in [1.165, 1.54) is 12.1 Å². The number of benzene rings is 1. The number of hydrogen-bond donors (Lipinski definition) is 0. The van der Waals surface area contributed by atoms with Crippen molar-refractivity contribution >= 4 is 5.78 Å². The Morgan fingerprint density at radius 1 is 1.60 bits per heavy atom. The van der Waals surface area contributed by atoms with Gasteiger partial charge in [-0.05, 0) is 24.6 Å². The standard InChI is InChI=1S/C12H10FNO/c1-2-3-4-12(15)9-5-6-10(8-14)11(13)7-9/h2,5-7H,1,3-4H2. The lowest BCUT2D eigenvalue weighted by Gasteiger charge is -2.00. The van der Waals surface area contributed by atoms with Gasteiger partial charge in [-0.1, -0.05) is 6.08 Å². The van der Waals surface area contributed by atoms with E-state index in [2.05, 4.69) is 6.58 Å². The highest BCUT2D eigenvalue weighted by Gasteiger charge is 2.08. The maximum Gasteiger partial charge on any atom is 0.163 e. The third-order valence-electron chi connectivity index (χ3n) is 1.99. The number of Topliss-reactive ketones (excluding diaryl/α,β-unsaturated/α-hetero) is 1. The third kappa shape index (κ3) is 2.75. The van der Waals surface area contributed by atoms with Crippen LogP contribution in [-0.4, -0.2) is 5.78 Å². The van der Waals surface area contributed by atoms with Crippen LogP contribution in [0.3, 0.4) is 0 Å². The lowest BCUT2D eigenvalue weighted by molar-refractivity contribution is 0.0983. The summed E-state index contributed by atoms with van der Waals surface area (Å²) in [5.41, 5.74) is 0.253. The fraction of sp³-hybridized carbons (Fsp3) is 0.167. The lowest BCUT2D eigenvalue weighted by atomic mass is 10.0. The number of allylic oxidation sites excluding steroid dienone is 1. The molecule has 76 valence electrons. The largest absolute Gasteiger partial charge is 0.294 e. The van der Waals surface area contributed by atoms with Crippen LogP contribution >= 0.6 is 0 Å². The minimum atomic E-state index is -0.651. The van der Waals surface area contributed by atoms with Crippen molar-refractivity contribution in [2.24, 2.45) is 0 Å². The Labute approximate surface area is 87.7 Å². The molecule has 0 bridgehead atoms. The van der Waals surface area contributed by atoms with Crippen LogP contribution in [0.1, 0.15) is 28.8 Å². The molecular formula is C12H10FNO. The average molecular weight is 203 g/mol. The van der Waals surface area contributed by atoms with Crippen molar-refractivity contribution < 1.29 is 9.18 Å². The molecule has 3 heteroatoms. The maximum absolute atomic E-state index is 13.1. The van der Waals surface area contributed by atoms with Gasteiger partial charge in [0.05, 0.1) is 5.56 Å². The maximum atomic E-state index is 13.1. The van der Waals surface area contributed by atoms with Crippen molar-refractivity contribution in [1.82, 2.24) is 0 Å². The lowest BCUT2D eigenvalue weighted by Crippen LogP contribution is -1.99. The van der Waals surface area contributed by atoms with Crippen molar-refractivity contribution in [3.8, 4) is 6.07 Å². The van der Waals surface area contributed by atoms with E-state index < -0.39 is 5.82 Å². The van der Waals surface area contributed by atoms with Crippen molar-refractivity contribution in [3.63, 3.8) is 0 Å². The van der Waals surface area contributed by atoms with E-state index in [-0.39, 0.29) is 11.3 Å². The molecule has 0 amide bonds. The summed E-state index contributed by atoms with van der Waals surface area (Å²) in [6.07, 6.45) is 2.52. The van der Waals surface area contributed by atoms with Crippen molar-refractivity contribution in [3.05, 3.63) is 47.8 Å². The molecule has 2 nitrogen and oxygen atoms in total. The zero-order valence-corrected chi connectivity index (χ0v) is 8.16. The fourth-order valence-corrected chi connectivity index (χ4v) is 1.16. The molecule has 0 heterocycles. The zero-order chi connectivity index (χ0) is 11.3. The molecule has 1 aromatic rings. The summed E-state index contributed by atoms with van der Waals surface area (Å²) < 4.78 is 13.1. The van der Waals surface area contributed by atoms with Gasteiger partial charge in [-0.2, -0.15) is 5.26 Å². The van der Waals surface area contributed by atoms with Crippen LogP contribution in [-0.2, 0) is 0 Å². The topological polar surface area (TPSA) is 40.9 Å². The quantitative estimate of drug-likeness (QED) is 0.557. The Hall–Kier alpha value is -1.95. The molecule has 0 aliphatic carbocycles. The molecule has 0 spiro atoms. The van der Waals surface area contributed by atoms with E-state index in [4.69, 9.17) is 5.26 Å². The molecule has 1 aromatic carbocycles. The van der Waals surface area contributed by atoms with Gasteiger partial charge >= 0.3 is 0 Å². The van der Waals surface area contributed by atoms with E-state index in [9.17, 15) is 9.18 Å². The number of carbonyl (C=O) groups excluding carboxylic acids is 1. The number of nitrogens with zero attached hydrogens (tertiary/aromatic N) is 1. The summed E-state index contributed by atoms with van der Waals surface area (Å²) in [5.74, 6) is -0.791. The molecule has 0 unspecified atom stereocenters. The second-order valence-electron chi connectivity index (χ2n) is 3.06. The van der Waals surface area contributed by atoms with Crippen LogP contribution in [0.15, 0.2) is 30.9 Å². The van der Waals surface area contributed by atoms with Crippen LogP contribution in [0.4, 0.5) is 4.39 Å². The van der Waals surface area contributed by atoms with Crippen molar-refractivity contribution in [2.75, 3.05) is 0 Å². The first kappa shape index (κ1) is 11.1. The van der Waals surface area contributed by atoms with Crippen LogP contribution < -0.4 is 0 Å². The van der Waals surface area contributed by atoms with E-state index in [1.807, 2.05) is 0 Å². The highest BCUT2D eigenvalue weighted by atomic mass is 19.1. The van der Waals surface area contributed by atoms with Gasteiger partial charge in [0.15, 0.2) is 5.78 Å². The van der Waals surface area contributed by atoms with E-state index in [0.717, 1.165) is 6.07 Å². The first-order valence-electron chi connectivity index (χ1n) is 4.52. The molecule has 0 radical (unpaired) electrons. The summed E-state index contributed by atoms with van der Waals surface area (Å²) in [4.78, 5) is 11.5. The van der Waals surface area contributed by atoms with Gasteiger partial charge in [0.25, 0.3) is 0 Å². The summed E-state index contributed by atoms with van der Waals surface area (Å²) >= 11 is 0. The van der Waals surface area contributed by atoms with Gasteiger partial charge in [0, 0.05) is 12.0 Å². The number of halogens is 1. The summed E-state index contributed by atoms with van der Waals surface area (Å²) in [6, 6.07) is 5.58. The first-order chi connectivity index (χ1) is 7.19. The molecule has 0 fully saturated rings. The normalized spacial score (nSPS) is 9.33. The zero-order valence-electron chi connectivity index (χ0n) is 8.16. The second kappa shape index (κ2) is 5.06. The molecule has 1 rings (SSSR count). The van der Waals surface area contributed by atoms with Crippen molar-refractivity contribution in [2.45, 2.75) is 12.8 Å². The van der Waals surface area contributed by atoms with Crippen LogP contribution in [0.5, 0.6) is 0 Å². The van der Waals surface area contributed by atoms with Gasteiger partial charge in [-0.3, -0.25) is 4.79 Å². The number of carbonyl (C=O) groups is 1. The Morgan fingerprint density at radius 2 is 2.33 bits per heavy atom. The first-order valence-corrected chi connectivity index (χ1v) is 4.52. The molecule has 0 aromatic heterocycles. The monoisotopic (exact) mass is 203 g/mol. The molecule has 0 saturated carbocycles. The highest BCUT2D eigenvalue weighted by molar-refractivity contribution is 5.96. The average Bonchev–Trinajstić information content (AvgIpc) is 2.25. The van der Waals surface area contributed by atoms with Crippen LogP contribution in [0.2, 0.25) is 0 Å². The van der Waals surface area contributed by atoms with Gasteiger partial charge in [0.1, 0.15) is 11.9 Å². The van der Waals surface area contributed by atoms with E-state index >= 15 is 0 Å². The number of rotatable bonds is 4.